The summed E-state index contributed by atoms with van der Waals surface area (Å²) in [7, 11) is 0. The van der Waals surface area contributed by atoms with Crippen molar-refractivity contribution >= 4 is 28.4 Å². The van der Waals surface area contributed by atoms with Crippen molar-refractivity contribution in [1.29, 1.82) is 0 Å². The van der Waals surface area contributed by atoms with Crippen LogP contribution in [0.5, 0.6) is 0 Å². The first-order valence-electron chi connectivity index (χ1n) is 10.7. The second kappa shape index (κ2) is 8.39. The molecule has 1 unspecified atom stereocenters. The lowest BCUT2D eigenvalue weighted by Gasteiger charge is -2.25. The predicted molar refractivity (Wildman–Crippen MR) is 124 cm³/mol. The average Bonchev–Trinajstić information content (AvgIpc) is 3.37. The van der Waals surface area contributed by atoms with E-state index in [0.29, 0.717) is 13.0 Å². The summed E-state index contributed by atoms with van der Waals surface area (Å²) in [6.45, 7) is 0.298. The van der Waals surface area contributed by atoms with Gasteiger partial charge in [-0.05, 0) is 47.9 Å². The normalized spacial score (nSPS) is 17.7. The number of aromatic nitrogens is 1. The van der Waals surface area contributed by atoms with E-state index in [1.165, 1.54) is 29.2 Å². The number of hydrogen-bond donors (Lipinski definition) is 2. The first-order valence-corrected chi connectivity index (χ1v) is 10.7. The lowest BCUT2D eigenvalue weighted by atomic mass is 9.95. The van der Waals surface area contributed by atoms with E-state index in [1.54, 1.807) is 0 Å². The molecule has 164 valence electrons. The van der Waals surface area contributed by atoms with Gasteiger partial charge in [0, 0.05) is 29.2 Å². The summed E-state index contributed by atoms with van der Waals surface area (Å²) in [5, 5.41) is 12.1. The lowest BCUT2D eigenvalue weighted by molar-refractivity contribution is -0.139. The molecule has 1 aliphatic rings. The van der Waals surface area contributed by atoms with Crippen LogP contribution in [0.3, 0.4) is 0 Å². The van der Waals surface area contributed by atoms with Crippen molar-refractivity contribution in [3.63, 3.8) is 0 Å². The minimum absolute atomic E-state index is 0.0109. The standard InChI is InChI=1S/C27H21FN2O3/c28-20-12-10-18(11-13-20)25(31)23-24(17-6-2-1-3-7-17)30(27(33)26(23)32)15-14-19-16-29-22-9-5-4-8-21(19)22/h1-13,16,24,29,31H,14-15H2. The average molecular weight is 440 g/mol. The monoisotopic (exact) mass is 440 g/mol. The number of H-pyrrole nitrogens is 1. The van der Waals surface area contributed by atoms with Crippen LogP contribution in [0.25, 0.3) is 16.7 Å². The summed E-state index contributed by atoms with van der Waals surface area (Å²) in [6, 6.07) is 21.5. The Kier molecular flexibility index (Phi) is 5.26. The van der Waals surface area contributed by atoms with Crippen LogP contribution in [0.1, 0.15) is 22.7 Å². The Labute approximate surface area is 189 Å². The molecular weight excluding hydrogens is 419 g/mol. The van der Waals surface area contributed by atoms with E-state index in [4.69, 9.17) is 0 Å². The molecule has 0 spiro atoms. The first kappa shape index (κ1) is 20.7. The van der Waals surface area contributed by atoms with Gasteiger partial charge < -0.3 is 15.0 Å². The van der Waals surface area contributed by atoms with Crippen LogP contribution in [0.2, 0.25) is 0 Å². The number of amides is 1. The molecule has 33 heavy (non-hydrogen) atoms. The zero-order valence-electron chi connectivity index (χ0n) is 17.7. The van der Waals surface area contributed by atoms with Gasteiger partial charge in [-0.25, -0.2) is 4.39 Å². The summed E-state index contributed by atoms with van der Waals surface area (Å²) in [4.78, 5) is 30.9. The summed E-state index contributed by atoms with van der Waals surface area (Å²) in [5.41, 5.74) is 3.06. The van der Waals surface area contributed by atoms with Gasteiger partial charge in [-0.2, -0.15) is 0 Å². The maximum Gasteiger partial charge on any atom is 0.295 e. The SMILES string of the molecule is O=C1C(=O)N(CCc2c[nH]c3ccccc23)C(c2ccccc2)C1=C(O)c1ccc(F)cc1. The summed E-state index contributed by atoms with van der Waals surface area (Å²) < 4.78 is 13.4. The Hall–Kier alpha value is -4.19. The van der Waals surface area contributed by atoms with E-state index in [9.17, 15) is 19.1 Å². The van der Waals surface area contributed by atoms with Crippen molar-refractivity contribution in [2.45, 2.75) is 12.5 Å². The van der Waals surface area contributed by atoms with Crippen LogP contribution in [0.4, 0.5) is 4.39 Å². The number of hydrogen-bond acceptors (Lipinski definition) is 3. The quantitative estimate of drug-likeness (QED) is 0.261. The Balaban J connectivity index is 1.55. The van der Waals surface area contributed by atoms with Crippen molar-refractivity contribution < 1.29 is 19.1 Å². The number of rotatable bonds is 5. The molecule has 2 heterocycles. The zero-order valence-corrected chi connectivity index (χ0v) is 17.7. The molecule has 6 heteroatoms. The van der Waals surface area contributed by atoms with Crippen LogP contribution in [-0.2, 0) is 16.0 Å². The van der Waals surface area contributed by atoms with E-state index in [-0.39, 0.29) is 16.9 Å². The third-order valence-corrected chi connectivity index (χ3v) is 6.07. The molecule has 3 aromatic carbocycles. The van der Waals surface area contributed by atoms with E-state index < -0.39 is 23.5 Å². The van der Waals surface area contributed by atoms with Gasteiger partial charge in [0.1, 0.15) is 11.6 Å². The second-order valence-electron chi connectivity index (χ2n) is 8.02. The molecule has 0 radical (unpaired) electrons. The van der Waals surface area contributed by atoms with Crippen molar-refractivity contribution in [1.82, 2.24) is 9.88 Å². The van der Waals surface area contributed by atoms with Crippen molar-refractivity contribution in [3.8, 4) is 0 Å². The first-order chi connectivity index (χ1) is 16.0. The fourth-order valence-electron chi connectivity index (χ4n) is 4.44. The predicted octanol–water partition coefficient (Wildman–Crippen LogP) is 4.97. The number of nitrogens with zero attached hydrogens (tertiary/aromatic N) is 1. The molecule has 1 fully saturated rings. The van der Waals surface area contributed by atoms with Gasteiger partial charge in [0.15, 0.2) is 0 Å². The maximum atomic E-state index is 13.4. The molecule has 1 aliphatic heterocycles. The van der Waals surface area contributed by atoms with Gasteiger partial charge >= 0.3 is 0 Å². The molecule has 0 saturated carbocycles. The highest BCUT2D eigenvalue weighted by atomic mass is 19.1. The number of halogens is 1. The van der Waals surface area contributed by atoms with Crippen molar-refractivity contribution in [3.05, 3.63) is 113 Å². The third-order valence-electron chi connectivity index (χ3n) is 6.07. The molecule has 1 aromatic heterocycles. The van der Waals surface area contributed by atoms with Crippen LogP contribution in [-0.4, -0.2) is 33.2 Å². The molecule has 0 bridgehead atoms. The van der Waals surface area contributed by atoms with Crippen LogP contribution in [0.15, 0.2) is 90.6 Å². The number of ketones is 1. The highest BCUT2D eigenvalue weighted by molar-refractivity contribution is 6.46. The Bertz CT molecular complexity index is 1370. The number of aromatic amines is 1. The van der Waals surface area contributed by atoms with Crippen molar-refractivity contribution in [2.75, 3.05) is 6.54 Å². The Morgan fingerprint density at radius 3 is 2.39 bits per heavy atom. The number of fused-ring (bicyclic) bond motifs is 1. The lowest BCUT2D eigenvalue weighted by Crippen LogP contribution is -2.31. The molecular formula is C27H21FN2O3. The minimum Gasteiger partial charge on any atom is -0.507 e. The summed E-state index contributed by atoms with van der Waals surface area (Å²) >= 11 is 0. The number of carbonyl (C=O) groups excluding carboxylic acids is 2. The zero-order chi connectivity index (χ0) is 22.9. The number of para-hydroxylation sites is 1. The number of nitrogens with one attached hydrogen (secondary N) is 1. The molecule has 4 aromatic rings. The molecule has 5 nitrogen and oxygen atoms in total. The van der Waals surface area contributed by atoms with E-state index >= 15 is 0 Å². The number of carbonyl (C=O) groups is 2. The third kappa shape index (κ3) is 3.69. The van der Waals surface area contributed by atoms with Gasteiger partial charge in [0.05, 0.1) is 11.6 Å². The summed E-state index contributed by atoms with van der Waals surface area (Å²) in [5.74, 6) is -2.17. The largest absolute Gasteiger partial charge is 0.507 e. The van der Waals surface area contributed by atoms with Gasteiger partial charge in [-0.15, -0.1) is 0 Å². The molecule has 5 rings (SSSR count). The topological polar surface area (TPSA) is 73.4 Å². The molecule has 1 saturated heterocycles. The number of aliphatic hydroxyl groups excluding tert-OH is 1. The van der Waals surface area contributed by atoms with E-state index in [2.05, 4.69) is 4.98 Å². The van der Waals surface area contributed by atoms with Gasteiger partial charge in [-0.1, -0.05) is 48.5 Å². The second-order valence-corrected chi connectivity index (χ2v) is 8.02. The number of Topliss-reactive ketones (excluding diaryl/α,β-unsaturated/α-hetero) is 1. The molecule has 0 aliphatic carbocycles. The highest BCUT2D eigenvalue weighted by Crippen LogP contribution is 2.39. The van der Waals surface area contributed by atoms with Gasteiger partial charge in [0.2, 0.25) is 0 Å². The Morgan fingerprint density at radius 1 is 0.939 bits per heavy atom. The summed E-state index contributed by atoms with van der Waals surface area (Å²) in [6.07, 6.45) is 2.45. The smallest absolute Gasteiger partial charge is 0.295 e. The highest BCUT2D eigenvalue weighted by Gasteiger charge is 2.45. The molecule has 1 atom stereocenters. The number of benzene rings is 3. The number of aliphatic hydroxyl groups is 1. The van der Waals surface area contributed by atoms with Gasteiger partial charge in [0.25, 0.3) is 11.7 Å². The molecule has 2 N–H and O–H groups in total. The maximum absolute atomic E-state index is 13.4. The fraction of sp³-hybridized carbons (Fsp3) is 0.111. The van der Waals surface area contributed by atoms with E-state index in [1.807, 2.05) is 60.8 Å². The van der Waals surface area contributed by atoms with Gasteiger partial charge in [-0.3, -0.25) is 9.59 Å². The number of likely N-dealkylation sites (tertiary alicyclic amines) is 1. The van der Waals surface area contributed by atoms with Crippen LogP contribution in [0, 0.1) is 5.82 Å². The van der Waals surface area contributed by atoms with Crippen LogP contribution >= 0.6 is 0 Å². The van der Waals surface area contributed by atoms with Crippen molar-refractivity contribution in [2.24, 2.45) is 0 Å². The minimum atomic E-state index is -0.746. The fourth-order valence-corrected chi connectivity index (χ4v) is 4.44. The molecule has 1 amide bonds. The van der Waals surface area contributed by atoms with E-state index in [0.717, 1.165) is 22.0 Å². The van der Waals surface area contributed by atoms with Crippen LogP contribution < -0.4 is 0 Å². The Morgan fingerprint density at radius 2 is 1.64 bits per heavy atom.